The number of aromatic amines is 1. The summed E-state index contributed by atoms with van der Waals surface area (Å²) in [5, 5.41) is 9.97. The van der Waals surface area contributed by atoms with Gasteiger partial charge in [0, 0.05) is 25.0 Å². The van der Waals surface area contributed by atoms with Crippen LogP contribution >= 0.6 is 12.2 Å². The predicted octanol–water partition coefficient (Wildman–Crippen LogP) is 2.61. The van der Waals surface area contributed by atoms with E-state index in [4.69, 9.17) is 12.2 Å². The molecule has 1 amide bonds. The van der Waals surface area contributed by atoms with Gasteiger partial charge in [0.1, 0.15) is 0 Å². The number of hydrogen-bond donors (Lipinski definition) is 2. The van der Waals surface area contributed by atoms with Gasteiger partial charge in [-0.25, -0.2) is 8.42 Å². The topological polar surface area (TPSA) is 100 Å². The SMILES string of the molecule is Cc1ccc(S(=O)(=O)N2CCC(C(=O)NCc3n[nH]c(=S)n3C3CC3)CC2)cc1C. The average Bonchev–Trinajstić information content (AvgIpc) is 3.50. The minimum Gasteiger partial charge on any atom is -0.349 e. The second-order valence-electron chi connectivity index (χ2n) is 8.19. The number of nitrogens with zero attached hydrogens (tertiary/aromatic N) is 3. The smallest absolute Gasteiger partial charge is 0.243 e. The average molecular weight is 450 g/mol. The van der Waals surface area contributed by atoms with Gasteiger partial charge in [-0.05, 0) is 75.0 Å². The number of amides is 1. The Bertz CT molecular complexity index is 1110. The van der Waals surface area contributed by atoms with Gasteiger partial charge in [-0.3, -0.25) is 14.5 Å². The van der Waals surface area contributed by atoms with Gasteiger partial charge in [-0.1, -0.05) is 6.07 Å². The first kappa shape index (κ1) is 21.2. The van der Waals surface area contributed by atoms with Crippen LogP contribution in [0.2, 0.25) is 0 Å². The molecule has 0 unspecified atom stereocenters. The summed E-state index contributed by atoms with van der Waals surface area (Å²) in [7, 11) is -3.54. The summed E-state index contributed by atoms with van der Waals surface area (Å²) in [6.07, 6.45) is 3.18. The number of H-pyrrole nitrogens is 1. The summed E-state index contributed by atoms with van der Waals surface area (Å²) < 4.78 is 30.0. The lowest BCUT2D eigenvalue weighted by molar-refractivity contribution is -0.126. The van der Waals surface area contributed by atoms with E-state index in [1.54, 1.807) is 12.1 Å². The van der Waals surface area contributed by atoms with Crippen LogP contribution in [0.15, 0.2) is 23.1 Å². The van der Waals surface area contributed by atoms with Crippen molar-refractivity contribution < 1.29 is 13.2 Å². The van der Waals surface area contributed by atoms with Crippen LogP contribution in [-0.4, -0.2) is 46.5 Å². The number of nitrogens with one attached hydrogen (secondary N) is 2. The molecule has 0 spiro atoms. The third kappa shape index (κ3) is 4.21. The van der Waals surface area contributed by atoms with E-state index in [1.807, 2.05) is 24.5 Å². The van der Waals surface area contributed by atoms with Gasteiger partial charge in [-0.2, -0.15) is 9.40 Å². The van der Waals surface area contributed by atoms with Crippen LogP contribution in [0, 0.1) is 24.5 Å². The minimum absolute atomic E-state index is 0.0607. The van der Waals surface area contributed by atoms with E-state index in [9.17, 15) is 13.2 Å². The number of aryl methyl sites for hydroxylation is 2. The Hall–Kier alpha value is -2.04. The number of hydrogen-bond acceptors (Lipinski definition) is 5. The first-order valence-corrected chi connectivity index (χ1v) is 12.1. The zero-order chi connectivity index (χ0) is 21.5. The number of piperidine rings is 1. The van der Waals surface area contributed by atoms with Crippen molar-refractivity contribution in [1.29, 1.82) is 0 Å². The quantitative estimate of drug-likeness (QED) is 0.661. The van der Waals surface area contributed by atoms with E-state index in [2.05, 4.69) is 15.5 Å². The maximum Gasteiger partial charge on any atom is 0.243 e. The van der Waals surface area contributed by atoms with Crippen LogP contribution in [0.5, 0.6) is 0 Å². The highest BCUT2D eigenvalue weighted by atomic mass is 32.2. The molecule has 1 aromatic heterocycles. The maximum atomic E-state index is 12.9. The number of sulfonamides is 1. The number of carbonyl (C=O) groups excluding carboxylic acids is 1. The fraction of sp³-hybridized carbons (Fsp3) is 0.550. The number of carbonyl (C=O) groups is 1. The lowest BCUT2D eigenvalue weighted by Crippen LogP contribution is -2.43. The molecule has 1 aliphatic carbocycles. The van der Waals surface area contributed by atoms with Crippen molar-refractivity contribution in [2.24, 2.45) is 5.92 Å². The molecule has 4 rings (SSSR count). The molecule has 1 aromatic carbocycles. The van der Waals surface area contributed by atoms with Crippen LogP contribution < -0.4 is 5.32 Å². The summed E-state index contributed by atoms with van der Waals surface area (Å²) in [6, 6.07) is 5.60. The highest BCUT2D eigenvalue weighted by Crippen LogP contribution is 2.35. The molecule has 10 heteroatoms. The molecule has 2 heterocycles. The summed E-state index contributed by atoms with van der Waals surface area (Å²) in [5.41, 5.74) is 2.02. The zero-order valence-electron chi connectivity index (χ0n) is 17.2. The van der Waals surface area contributed by atoms with E-state index in [0.717, 1.165) is 29.8 Å². The largest absolute Gasteiger partial charge is 0.349 e. The van der Waals surface area contributed by atoms with E-state index < -0.39 is 10.0 Å². The third-order valence-electron chi connectivity index (χ3n) is 6.05. The van der Waals surface area contributed by atoms with Crippen molar-refractivity contribution in [3.05, 3.63) is 39.9 Å². The molecule has 0 atom stereocenters. The molecular formula is C20H27N5O3S2. The molecule has 30 heavy (non-hydrogen) atoms. The Kier molecular flexibility index (Phi) is 5.82. The van der Waals surface area contributed by atoms with Crippen molar-refractivity contribution >= 4 is 28.1 Å². The lowest BCUT2D eigenvalue weighted by Gasteiger charge is -2.30. The summed E-state index contributed by atoms with van der Waals surface area (Å²) in [6.45, 7) is 4.87. The van der Waals surface area contributed by atoms with Gasteiger partial charge >= 0.3 is 0 Å². The van der Waals surface area contributed by atoms with Gasteiger partial charge in [0.05, 0.1) is 11.4 Å². The normalized spacial score (nSPS) is 18.5. The number of benzene rings is 1. The van der Waals surface area contributed by atoms with Crippen molar-refractivity contribution in [2.75, 3.05) is 13.1 Å². The van der Waals surface area contributed by atoms with Gasteiger partial charge in [-0.15, -0.1) is 0 Å². The highest BCUT2D eigenvalue weighted by molar-refractivity contribution is 7.89. The highest BCUT2D eigenvalue weighted by Gasteiger charge is 2.33. The zero-order valence-corrected chi connectivity index (χ0v) is 18.9. The first-order chi connectivity index (χ1) is 14.3. The first-order valence-electron chi connectivity index (χ1n) is 10.3. The Labute approximate surface area is 181 Å². The van der Waals surface area contributed by atoms with Crippen molar-refractivity contribution in [1.82, 2.24) is 24.4 Å². The molecule has 2 aliphatic rings. The van der Waals surface area contributed by atoms with Crippen LogP contribution in [-0.2, 0) is 21.4 Å². The van der Waals surface area contributed by atoms with Crippen LogP contribution in [0.25, 0.3) is 0 Å². The van der Waals surface area contributed by atoms with Gasteiger partial charge in [0.15, 0.2) is 10.6 Å². The van der Waals surface area contributed by atoms with Crippen LogP contribution in [0.3, 0.4) is 0 Å². The fourth-order valence-electron chi connectivity index (χ4n) is 3.86. The van der Waals surface area contributed by atoms with E-state index in [0.29, 0.717) is 48.2 Å². The van der Waals surface area contributed by atoms with Crippen LogP contribution in [0.1, 0.15) is 48.7 Å². The summed E-state index contributed by atoms with van der Waals surface area (Å²) in [5.74, 6) is 0.479. The van der Waals surface area contributed by atoms with E-state index in [1.165, 1.54) is 4.31 Å². The standard InChI is InChI=1S/C20H27N5O3S2/c1-13-3-6-17(11-14(13)2)30(27,28)24-9-7-15(8-10-24)19(26)21-12-18-22-23-20(29)25(18)16-4-5-16/h3,6,11,15-16H,4-5,7-10,12H2,1-2H3,(H,21,26)(H,23,29). The second-order valence-corrected chi connectivity index (χ2v) is 10.5. The molecule has 0 radical (unpaired) electrons. The van der Waals surface area contributed by atoms with Crippen molar-refractivity contribution in [3.63, 3.8) is 0 Å². The van der Waals surface area contributed by atoms with E-state index in [-0.39, 0.29) is 11.8 Å². The molecule has 2 aromatic rings. The van der Waals surface area contributed by atoms with Gasteiger partial charge in [0.2, 0.25) is 15.9 Å². The Balaban J connectivity index is 1.34. The number of aromatic nitrogens is 3. The Morgan fingerprint density at radius 2 is 1.90 bits per heavy atom. The molecule has 8 nitrogen and oxygen atoms in total. The lowest BCUT2D eigenvalue weighted by atomic mass is 9.97. The molecule has 1 saturated carbocycles. The molecular weight excluding hydrogens is 422 g/mol. The summed E-state index contributed by atoms with van der Waals surface area (Å²) in [4.78, 5) is 12.9. The number of rotatable bonds is 6. The van der Waals surface area contributed by atoms with E-state index >= 15 is 0 Å². The Morgan fingerprint density at radius 1 is 1.20 bits per heavy atom. The molecule has 1 aliphatic heterocycles. The molecule has 0 bridgehead atoms. The fourth-order valence-corrected chi connectivity index (χ4v) is 5.72. The monoisotopic (exact) mass is 449 g/mol. The minimum atomic E-state index is -3.54. The van der Waals surface area contributed by atoms with Crippen molar-refractivity contribution in [2.45, 2.75) is 57.0 Å². The molecule has 1 saturated heterocycles. The Morgan fingerprint density at radius 3 is 2.53 bits per heavy atom. The predicted molar refractivity (Wildman–Crippen MR) is 115 cm³/mol. The third-order valence-corrected chi connectivity index (χ3v) is 8.23. The molecule has 162 valence electrons. The second kappa shape index (κ2) is 8.24. The van der Waals surface area contributed by atoms with Gasteiger partial charge < -0.3 is 5.32 Å². The molecule has 2 N–H and O–H groups in total. The van der Waals surface area contributed by atoms with Gasteiger partial charge in [0.25, 0.3) is 0 Å². The molecule has 2 fully saturated rings. The van der Waals surface area contributed by atoms with Crippen molar-refractivity contribution in [3.8, 4) is 0 Å². The maximum absolute atomic E-state index is 12.9. The van der Waals surface area contributed by atoms with Crippen LogP contribution in [0.4, 0.5) is 0 Å². The summed E-state index contributed by atoms with van der Waals surface area (Å²) >= 11 is 5.27.